The molecule has 0 aliphatic heterocycles. The summed E-state index contributed by atoms with van der Waals surface area (Å²) in [4.78, 5) is 23.1. The normalized spacial score (nSPS) is 10.2. The quantitative estimate of drug-likeness (QED) is 0.796. The largest absolute Gasteiger partial charge is 0.455 e. The average Bonchev–Trinajstić information content (AvgIpc) is 3.00. The van der Waals surface area contributed by atoms with Gasteiger partial charge in [-0.25, -0.2) is 4.39 Å². The van der Waals surface area contributed by atoms with E-state index in [4.69, 9.17) is 4.74 Å². The third-order valence-corrected chi connectivity index (χ3v) is 3.67. The standard InChI is InChI=1S/C16H16FNO3S/c17-14-3-1-12(2-4-14)5-7-18-15(19)10-21-16(20)9-13-6-8-22-11-13/h1-4,6,8,11H,5,7,9-10H2,(H,18,19). The number of amides is 1. The van der Waals surface area contributed by atoms with Gasteiger partial charge >= 0.3 is 5.97 Å². The van der Waals surface area contributed by atoms with Crippen LogP contribution in [-0.4, -0.2) is 25.0 Å². The van der Waals surface area contributed by atoms with Gasteiger partial charge < -0.3 is 10.1 Å². The van der Waals surface area contributed by atoms with Crippen molar-refractivity contribution < 1.29 is 18.7 Å². The molecular formula is C16H16FNO3S. The number of rotatable bonds is 7. The van der Waals surface area contributed by atoms with Gasteiger partial charge in [-0.2, -0.15) is 11.3 Å². The van der Waals surface area contributed by atoms with Crippen molar-refractivity contribution in [2.75, 3.05) is 13.2 Å². The van der Waals surface area contributed by atoms with Gasteiger partial charge in [0, 0.05) is 6.54 Å². The van der Waals surface area contributed by atoms with Crippen LogP contribution in [0.15, 0.2) is 41.1 Å². The van der Waals surface area contributed by atoms with E-state index >= 15 is 0 Å². The predicted octanol–water partition coefficient (Wildman–Crippen LogP) is 2.33. The Morgan fingerprint density at radius 3 is 2.59 bits per heavy atom. The number of hydrogen-bond donors (Lipinski definition) is 1. The number of halogens is 1. The highest BCUT2D eigenvalue weighted by Gasteiger charge is 2.08. The SMILES string of the molecule is O=C(COC(=O)Cc1ccsc1)NCCc1ccc(F)cc1. The molecular weight excluding hydrogens is 305 g/mol. The molecule has 0 aliphatic carbocycles. The summed E-state index contributed by atoms with van der Waals surface area (Å²) >= 11 is 1.51. The Morgan fingerprint density at radius 2 is 1.91 bits per heavy atom. The van der Waals surface area contributed by atoms with Crippen LogP contribution in [0.1, 0.15) is 11.1 Å². The average molecular weight is 321 g/mol. The Kier molecular flexibility index (Phi) is 6.09. The second kappa shape index (κ2) is 8.29. The van der Waals surface area contributed by atoms with Gasteiger partial charge in [-0.05, 0) is 46.5 Å². The van der Waals surface area contributed by atoms with Crippen LogP contribution in [0.5, 0.6) is 0 Å². The van der Waals surface area contributed by atoms with Crippen LogP contribution in [-0.2, 0) is 27.2 Å². The molecule has 0 saturated heterocycles. The summed E-state index contributed by atoms with van der Waals surface area (Å²) in [6.45, 7) is 0.124. The van der Waals surface area contributed by atoms with Gasteiger partial charge in [0.05, 0.1) is 6.42 Å². The number of hydrogen-bond acceptors (Lipinski definition) is 4. The van der Waals surface area contributed by atoms with Gasteiger partial charge in [0.2, 0.25) is 0 Å². The minimum Gasteiger partial charge on any atom is -0.455 e. The van der Waals surface area contributed by atoms with Crippen molar-refractivity contribution in [3.8, 4) is 0 Å². The first-order valence-corrected chi connectivity index (χ1v) is 7.75. The maximum Gasteiger partial charge on any atom is 0.310 e. The highest BCUT2D eigenvalue weighted by Crippen LogP contribution is 2.07. The number of thiophene rings is 1. The lowest BCUT2D eigenvalue weighted by molar-refractivity contribution is -0.147. The van der Waals surface area contributed by atoms with Crippen LogP contribution in [0.25, 0.3) is 0 Å². The van der Waals surface area contributed by atoms with Crippen molar-refractivity contribution in [3.63, 3.8) is 0 Å². The Bertz CT molecular complexity index is 611. The Balaban J connectivity index is 1.61. The molecule has 0 unspecified atom stereocenters. The van der Waals surface area contributed by atoms with E-state index in [-0.39, 0.29) is 24.8 Å². The fraction of sp³-hybridized carbons (Fsp3) is 0.250. The van der Waals surface area contributed by atoms with Crippen LogP contribution in [0.3, 0.4) is 0 Å². The summed E-state index contributed by atoms with van der Waals surface area (Å²) in [7, 11) is 0. The van der Waals surface area contributed by atoms with Gasteiger partial charge in [-0.15, -0.1) is 0 Å². The molecule has 0 radical (unpaired) electrons. The van der Waals surface area contributed by atoms with Crippen LogP contribution in [0, 0.1) is 5.82 Å². The molecule has 0 fully saturated rings. The highest BCUT2D eigenvalue weighted by atomic mass is 32.1. The summed E-state index contributed by atoms with van der Waals surface area (Å²) in [5.41, 5.74) is 1.81. The van der Waals surface area contributed by atoms with Crippen LogP contribution in [0.2, 0.25) is 0 Å². The Morgan fingerprint density at radius 1 is 1.14 bits per heavy atom. The Hall–Kier alpha value is -2.21. The van der Waals surface area contributed by atoms with Gasteiger partial charge in [-0.3, -0.25) is 9.59 Å². The van der Waals surface area contributed by atoms with E-state index in [0.29, 0.717) is 13.0 Å². The fourth-order valence-corrected chi connectivity index (χ4v) is 2.47. The van der Waals surface area contributed by atoms with Crippen molar-refractivity contribution in [2.45, 2.75) is 12.8 Å². The second-order valence-corrected chi connectivity index (χ2v) is 5.48. The molecule has 1 heterocycles. The summed E-state index contributed by atoms with van der Waals surface area (Å²) in [5, 5.41) is 6.40. The van der Waals surface area contributed by atoms with E-state index in [1.807, 2.05) is 16.8 Å². The van der Waals surface area contributed by atoms with E-state index in [2.05, 4.69) is 5.32 Å². The van der Waals surface area contributed by atoms with Crippen molar-refractivity contribution in [1.29, 1.82) is 0 Å². The lowest BCUT2D eigenvalue weighted by Gasteiger charge is -2.06. The number of benzene rings is 1. The van der Waals surface area contributed by atoms with E-state index < -0.39 is 5.97 Å². The van der Waals surface area contributed by atoms with Gasteiger partial charge in [0.25, 0.3) is 5.91 Å². The summed E-state index contributed by atoms with van der Waals surface area (Å²) in [6, 6.07) is 7.94. The molecule has 0 spiro atoms. The van der Waals surface area contributed by atoms with Gasteiger partial charge in [0.1, 0.15) is 5.82 Å². The molecule has 0 bridgehead atoms. The molecule has 0 atom stereocenters. The molecule has 2 aromatic rings. The highest BCUT2D eigenvalue weighted by molar-refractivity contribution is 7.07. The molecule has 22 heavy (non-hydrogen) atoms. The maximum absolute atomic E-state index is 12.7. The lowest BCUT2D eigenvalue weighted by atomic mass is 10.1. The third kappa shape index (κ3) is 5.65. The molecule has 1 amide bonds. The van der Waals surface area contributed by atoms with Crippen LogP contribution < -0.4 is 5.32 Å². The van der Waals surface area contributed by atoms with E-state index in [1.54, 1.807) is 12.1 Å². The van der Waals surface area contributed by atoms with Crippen LogP contribution >= 0.6 is 11.3 Å². The first-order chi connectivity index (χ1) is 10.6. The fourth-order valence-electron chi connectivity index (χ4n) is 1.81. The minimum atomic E-state index is -0.424. The molecule has 116 valence electrons. The lowest BCUT2D eigenvalue weighted by Crippen LogP contribution is -2.30. The second-order valence-electron chi connectivity index (χ2n) is 4.70. The van der Waals surface area contributed by atoms with E-state index in [1.165, 1.54) is 23.5 Å². The first kappa shape index (κ1) is 16.2. The third-order valence-electron chi connectivity index (χ3n) is 2.94. The monoisotopic (exact) mass is 321 g/mol. The minimum absolute atomic E-state index is 0.173. The van der Waals surface area contributed by atoms with E-state index in [0.717, 1.165) is 11.1 Å². The zero-order valence-electron chi connectivity index (χ0n) is 11.9. The number of esters is 1. The number of carbonyl (C=O) groups excluding carboxylic acids is 2. The van der Waals surface area contributed by atoms with Crippen molar-refractivity contribution in [3.05, 3.63) is 58.0 Å². The molecule has 6 heteroatoms. The summed E-state index contributed by atoms with van der Waals surface area (Å²) in [5.74, 6) is -1.06. The zero-order valence-corrected chi connectivity index (χ0v) is 12.7. The molecule has 4 nitrogen and oxygen atoms in total. The molecule has 2 rings (SSSR count). The molecule has 0 aliphatic rings. The molecule has 0 saturated carbocycles. The van der Waals surface area contributed by atoms with Crippen LogP contribution in [0.4, 0.5) is 4.39 Å². The van der Waals surface area contributed by atoms with E-state index in [9.17, 15) is 14.0 Å². The number of nitrogens with one attached hydrogen (secondary N) is 1. The molecule has 1 N–H and O–H groups in total. The Labute approximate surface area is 131 Å². The van der Waals surface area contributed by atoms with Crippen molar-refractivity contribution >= 4 is 23.2 Å². The maximum atomic E-state index is 12.7. The molecule has 1 aromatic heterocycles. The molecule has 1 aromatic carbocycles. The van der Waals surface area contributed by atoms with Gasteiger partial charge in [-0.1, -0.05) is 12.1 Å². The van der Waals surface area contributed by atoms with Crippen molar-refractivity contribution in [1.82, 2.24) is 5.32 Å². The zero-order chi connectivity index (χ0) is 15.8. The number of ether oxygens (including phenoxy) is 1. The van der Waals surface area contributed by atoms with Crippen molar-refractivity contribution in [2.24, 2.45) is 0 Å². The first-order valence-electron chi connectivity index (χ1n) is 6.81. The smallest absolute Gasteiger partial charge is 0.310 e. The number of carbonyl (C=O) groups is 2. The topological polar surface area (TPSA) is 55.4 Å². The summed E-state index contributed by atoms with van der Waals surface area (Å²) < 4.78 is 17.6. The van der Waals surface area contributed by atoms with Gasteiger partial charge in [0.15, 0.2) is 6.61 Å². The predicted molar refractivity (Wildman–Crippen MR) is 82.1 cm³/mol. The summed E-state index contributed by atoms with van der Waals surface area (Å²) in [6.07, 6.45) is 0.765.